The molecule has 0 saturated heterocycles. The molecule has 3 nitrogen and oxygen atoms in total. The van der Waals surface area contributed by atoms with E-state index in [2.05, 4.69) is 12.2 Å². The third-order valence-corrected chi connectivity index (χ3v) is 1.96. The van der Waals surface area contributed by atoms with E-state index >= 15 is 0 Å². The van der Waals surface area contributed by atoms with Crippen molar-refractivity contribution < 1.29 is 4.79 Å². The van der Waals surface area contributed by atoms with Gasteiger partial charge in [0.05, 0.1) is 0 Å². The van der Waals surface area contributed by atoms with Crippen LogP contribution >= 0.6 is 0 Å². The molecule has 1 aliphatic carbocycles. The van der Waals surface area contributed by atoms with Crippen LogP contribution < -0.4 is 11.1 Å². The van der Waals surface area contributed by atoms with Crippen molar-refractivity contribution in [3.63, 3.8) is 0 Å². The summed E-state index contributed by atoms with van der Waals surface area (Å²) in [5.74, 6) is 0.706. The van der Waals surface area contributed by atoms with E-state index < -0.39 is 6.03 Å². The SMILES string of the molecule is CCC(NC(N)=O)C1CC1. The number of urea groups is 1. The van der Waals surface area contributed by atoms with Gasteiger partial charge in [0.25, 0.3) is 0 Å². The lowest BCUT2D eigenvalue weighted by atomic mass is 10.1. The van der Waals surface area contributed by atoms with Gasteiger partial charge in [-0.2, -0.15) is 0 Å². The molecule has 10 heavy (non-hydrogen) atoms. The third kappa shape index (κ3) is 1.90. The standard InChI is InChI=1S/C7H14N2O/c1-2-6(5-3-4-5)9-7(8)10/h5-6H,2-4H2,1H3,(H3,8,9,10). The number of hydrogen-bond acceptors (Lipinski definition) is 1. The van der Waals surface area contributed by atoms with Gasteiger partial charge >= 0.3 is 6.03 Å². The number of hydrogen-bond donors (Lipinski definition) is 2. The number of nitrogens with two attached hydrogens (primary N) is 1. The second kappa shape index (κ2) is 2.90. The van der Waals surface area contributed by atoms with E-state index in [0.717, 1.165) is 6.42 Å². The van der Waals surface area contributed by atoms with Gasteiger partial charge in [-0.15, -0.1) is 0 Å². The Morgan fingerprint density at radius 2 is 2.40 bits per heavy atom. The largest absolute Gasteiger partial charge is 0.352 e. The molecule has 1 fully saturated rings. The number of carbonyl (C=O) groups excluding carboxylic acids is 1. The molecular weight excluding hydrogens is 128 g/mol. The van der Waals surface area contributed by atoms with Gasteiger partial charge in [-0.3, -0.25) is 0 Å². The summed E-state index contributed by atoms with van der Waals surface area (Å²) in [6, 6.07) is -0.0590. The summed E-state index contributed by atoms with van der Waals surface area (Å²) in [4.78, 5) is 10.4. The van der Waals surface area contributed by atoms with E-state index in [9.17, 15) is 4.79 Å². The summed E-state index contributed by atoms with van der Waals surface area (Å²) in [6.07, 6.45) is 3.49. The van der Waals surface area contributed by atoms with Crippen LogP contribution in [0.1, 0.15) is 26.2 Å². The van der Waals surface area contributed by atoms with Gasteiger partial charge in [0, 0.05) is 6.04 Å². The Bertz CT molecular complexity index is 132. The summed E-state index contributed by atoms with van der Waals surface area (Å²) >= 11 is 0. The Labute approximate surface area is 61.0 Å². The summed E-state index contributed by atoms with van der Waals surface area (Å²) < 4.78 is 0. The van der Waals surface area contributed by atoms with E-state index in [4.69, 9.17) is 5.73 Å². The van der Waals surface area contributed by atoms with Crippen LogP contribution in [0, 0.1) is 5.92 Å². The molecule has 0 aromatic carbocycles. The van der Waals surface area contributed by atoms with E-state index in [0.29, 0.717) is 12.0 Å². The smallest absolute Gasteiger partial charge is 0.312 e. The molecule has 2 amide bonds. The first-order valence-corrected chi connectivity index (χ1v) is 3.80. The molecule has 1 atom stereocenters. The summed E-state index contributed by atoms with van der Waals surface area (Å²) in [6.45, 7) is 2.07. The van der Waals surface area contributed by atoms with Crippen molar-refractivity contribution in [2.45, 2.75) is 32.2 Å². The van der Waals surface area contributed by atoms with E-state index in [1.54, 1.807) is 0 Å². The second-order valence-electron chi connectivity index (χ2n) is 2.86. The molecule has 0 spiro atoms. The Hall–Kier alpha value is -0.730. The maximum atomic E-state index is 10.4. The van der Waals surface area contributed by atoms with Crippen LogP contribution in [0.25, 0.3) is 0 Å². The van der Waals surface area contributed by atoms with Gasteiger partial charge in [0.1, 0.15) is 0 Å². The number of rotatable bonds is 3. The van der Waals surface area contributed by atoms with Crippen molar-refractivity contribution in [2.75, 3.05) is 0 Å². The van der Waals surface area contributed by atoms with Crippen LogP contribution in [-0.2, 0) is 0 Å². The molecule has 0 aromatic rings. The fraction of sp³-hybridized carbons (Fsp3) is 0.857. The van der Waals surface area contributed by atoms with Crippen molar-refractivity contribution in [1.82, 2.24) is 5.32 Å². The van der Waals surface area contributed by atoms with Crippen LogP contribution in [0.5, 0.6) is 0 Å². The number of amides is 2. The monoisotopic (exact) mass is 142 g/mol. The van der Waals surface area contributed by atoms with Crippen LogP contribution in [0.3, 0.4) is 0 Å². The van der Waals surface area contributed by atoms with Crippen LogP contribution in [-0.4, -0.2) is 12.1 Å². The van der Waals surface area contributed by atoms with Crippen molar-refractivity contribution in [3.8, 4) is 0 Å². The Morgan fingerprint density at radius 1 is 1.80 bits per heavy atom. The average molecular weight is 142 g/mol. The lowest BCUT2D eigenvalue weighted by Crippen LogP contribution is -2.39. The highest BCUT2D eigenvalue weighted by Crippen LogP contribution is 2.33. The van der Waals surface area contributed by atoms with Crippen molar-refractivity contribution in [2.24, 2.45) is 11.7 Å². The number of primary amides is 1. The Balaban J connectivity index is 2.25. The highest BCUT2D eigenvalue weighted by molar-refractivity contribution is 5.72. The number of nitrogens with one attached hydrogen (secondary N) is 1. The average Bonchev–Trinajstić information content (AvgIpc) is 2.63. The molecule has 1 unspecified atom stereocenters. The van der Waals surface area contributed by atoms with Gasteiger partial charge in [0.2, 0.25) is 0 Å². The molecule has 3 N–H and O–H groups in total. The topological polar surface area (TPSA) is 55.1 Å². The zero-order chi connectivity index (χ0) is 7.56. The minimum absolute atomic E-state index is 0.331. The molecule has 1 aliphatic rings. The minimum atomic E-state index is -0.390. The number of carbonyl (C=O) groups is 1. The molecule has 58 valence electrons. The summed E-state index contributed by atoms with van der Waals surface area (Å²) in [5, 5.41) is 2.73. The van der Waals surface area contributed by atoms with Crippen LogP contribution in [0.4, 0.5) is 4.79 Å². The van der Waals surface area contributed by atoms with Crippen molar-refractivity contribution >= 4 is 6.03 Å². The first kappa shape index (κ1) is 7.38. The van der Waals surface area contributed by atoms with Gasteiger partial charge in [0.15, 0.2) is 0 Å². The molecule has 0 radical (unpaired) electrons. The summed E-state index contributed by atoms with van der Waals surface area (Å²) in [5.41, 5.74) is 4.98. The van der Waals surface area contributed by atoms with Crippen molar-refractivity contribution in [1.29, 1.82) is 0 Å². The summed E-state index contributed by atoms with van der Waals surface area (Å²) in [7, 11) is 0. The highest BCUT2D eigenvalue weighted by atomic mass is 16.2. The maximum absolute atomic E-state index is 10.4. The van der Waals surface area contributed by atoms with E-state index in [1.165, 1.54) is 12.8 Å². The third-order valence-electron chi connectivity index (χ3n) is 1.96. The van der Waals surface area contributed by atoms with E-state index in [-0.39, 0.29) is 0 Å². The highest BCUT2D eigenvalue weighted by Gasteiger charge is 2.30. The molecule has 0 aromatic heterocycles. The maximum Gasteiger partial charge on any atom is 0.312 e. The predicted octanol–water partition coefficient (Wildman–Crippen LogP) is 0.843. The fourth-order valence-corrected chi connectivity index (χ4v) is 1.23. The quantitative estimate of drug-likeness (QED) is 0.603. The van der Waals surface area contributed by atoms with Gasteiger partial charge < -0.3 is 11.1 Å². The van der Waals surface area contributed by atoms with Crippen LogP contribution in [0.2, 0.25) is 0 Å². The zero-order valence-electron chi connectivity index (χ0n) is 6.26. The van der Waals surface area contributed by atoms with Crippen LogP contribution in [0.15, 0.2) is 0 Å². The molecule has 1 rings (SSSR count). The second-order valence-corrected chi connectivity index (χ2v) is 2.86. The molecule has 3 heteroatoms. The lowest BCUT2D eigenvalue weighted by molar-refractivity contribution is 0.243. The molecule has 0 bridgehead atoms. The van der Waals surface area contributed by atoms with Gasteiger partial charge in [-0.05, 0) is 25.2 Å². The molecule has 1 saturated carbocycles. The Morgan fingerprint density at radius 3 is 2.70 bits per heavy atom. The van der Waals surface area contributed by atoms with Gasteiger partial charge in [-0.25, -0.2) is 4.79 Å². The minimum Gasteiger partial charge on any atom is -0.352 e. The normalized spacial score (nSPS) is 20.1. The first-order chi connectivity index (χ1) is 4.74. The Kier molecular flexibility index (Phi) is 2.14. The first-order valence-electron chi connectivity index (χ1n) is 3.80. The fourth-order valence-electron chi connectivity index (χ4n) is 1.23. The zero-order valence-corrected chi connectivity index (χ0v) is 6.26. The molecule has 0 heterocycles. The molecular formula is C7H14N2O. The van der Waals surface area contributed by atoms with E-state index in [1.807, 2.05) is 0 Å². The lowest BCUT2D eigenvalue weighted by Gasteiger charge is -2.13. The predicted molar refractivity (Wildman–Crippen MR) is 39.5 cm³/mol. The van der Waals surface area contributed by atoms with Gasteiger partial charge in [-0.1, -0.05) is 6.92 Å². The molecule has 0 aliphatic heterocycles. The van der Waals surface area contributed by atoms with Crippen molar-refractivity contribution in [3.05, 3.63) is 0 Å².